The molecule has 0 spiro atoms. The van der Waals surface area contributed by atoms with Crippen LogP contribution in [-0.2, 0) is 19.2 Å². The van der Waals surface area contributed by atoms with Gasteiger partial charge in [0, 0.05) is 5.38 Å². The van der Waals surface area contributed by atoms with E-state index in [1.165, 1.54) is 12.5 Å². The van der Waals surface area contributed by atoms with Crippen molar-refractivity contribution in [2.45, 2.75) is 19.0 Å². The Kier molecular flexibility index (Phi) is 5.50. The summed E-state index contributed by atoms with van der Waals surface area (Å²) >= 11 is 6.50. The number of anilines is 1. The predicted molar refractivity (Wildman–Crippen MR) is 84.5 cm³/mol. The second-order valence-corrected chi connectivity index (χ2v) is 5.72. The highest BCUT2D eigenvalue weighted by molar-refractivity contribution is 7.14. The second kappa shape index (κ2) is 7.38. The summed E-state index contributed by atoms with van der Waals surface area (Å²) in [5.74, 6) is -1.49. The Bertz CT molecular complexity index is 662. The molecule has 11 heteroatoms. The van der Waals surface area contributed by atoms with Crippen LogP contribution >= 0.6 is 22.9 Å². The van der Waals surface area contributed by atoms with Gasteiger partial charge >= 0.3 is 0 Å². The normalized spacial score (nSPS) is 20.3. The quantitative estimate of drug-likeness (QED) is 0.278. The lowest BCUT2D eigenvalue weighted by Crippen LogP contribution is -2.68. The van der Waals surface area contributed by atoms with Gasteiger partial charge in [-0.15, -0.1) is 22.9 Å². The minimum Gasteiger partial charge on any atom is -0.398 e. The largest absolute Gasteiger partial charge is 0.398 e. The summed E-state index contributed by atoms with van der Waals surface area (Å²) in [5, 5.41) is 13.1. The minimum atomic E-state index is -0.626. The summed E-state index contributed by atoms with van der Waals surface area (Å²) in [7, 11) is 1.29. The Morgan fingerprint density at radius 2 is 2.30 bits per heavy atom. The van der Waals surface area contributed by atoms with Crippen LogP contribution in [0.1, 0.15) is 12.6 Å². The highest BCUT2D eigenvalue weighted by Crippen LogP contribution is 2.17. The van der Waals surface area contributed by atoms with Gasteiger partial charge in [-0.2, -0.15) is 0 Å². The molecular weight excluding hydrogens is 346 g/mol. The van der Waals surface area contributed by atoms with Gasteiger partial charge in [-0.25, -0.2) is 4.98 Å². The van der Waals surface area contributed by atoms with Gasteiger partial charge in [0.1, 0.15) is 24.7 Å². The molecule has 0 aliphatic carbocycles. The lowest BCUT2D eigenvalue weighted by atomic mass is 10.0. The summed E-state index contributed by atoms with van der Waals surface area (Å²) in [6.07, 6.45) is 0. The van der Waals surface area contributed by atoms with Gasteiger partial charge in [0.25, 0.3) is 5.91 Å². The molecule has 1 aromatic rings. The van der Waals surface area contributed by atoms with E-state index in [1.54, 1.807) is 6.92 Å². The average molecular weight is 360 g/mol. The van der Waals surface area contributed by atoms with Crippen LogP contribution in [0.25, 0.3) is 0 Å². The SMILES string of the molecule is CON=C(C(=O)N[C@H]1C(=O)N[C@H]1C)c1csc(NC(=O)CCl)n1. The van der Waals surface area contributed by atoms with Crippen LogP contribution in [-0.4, -0.2) is 53.5 Å². The number of amides is 3. The van der Waals surface area contributed by atoms with Crippen LogP contribution in [0.2, 0.25) is 0 Å². The number of carbonyl (C=O) groups is 3. The number of nitrogens with zero attached hydrogens (tertiary/aromatic N) is 2. The molecule has 1 aliphatic heterocycles. The minimum absolute atomic E-state index is 0.0953. The van der Waals surface area contributed by atoms with E-state index in [0.717, 1.165) is 11.3 Å². The third-order valence-corrected chi connectivity index (χ3v) is 3.95. The number of carbonyl (C=O) groups excluding carboxylic acids is 3. The van der Waals surface area contributed by atoms with Crippen molar-refractivity contribution in [1.29, 1.82) is 0 Å². The Hall–Kier alpha value is -2.20. The summed E-state index contributed by atoms with van der Waals surface area (Å²) in [5.41, 5.74) is 0.119. The third-order valence-electron chi connectivity index (χ3n) is 2.95. The fourth-order valence-corrected chi connectivity index (χ4v) is 2.60. The van der Waals surface area contributed by atoms with E-state index in [9.17, 15) is 14.4 Å². The number of alkyl halides is 1. The first-order chi connectivity index (χ1) is 11.0. The summed E-state index contributed by atoms with van der Waals surface area (Å²) in [4.78, 5) is 43.6. The number of hydrogen-bond donors (Lipinski definition) is 3. The van der Waals surface area contributed by atoms with Gasteiger partial charge in [-0.3, -0.25) is 14.4 Å². The molecule has 3 amide bonds. The van der Waals surface area contributed by atoms with Gasteiger partial charge in [0.05, 0.1) is 6.04 Å². The molecule has 1 saturated heterocycles. The van der Waals surface area contributed by atoms with E-state index in [-0.39, 0.29) is 34.4 Å². The number of oxime groups is 1. The van der Waals surface area contributed by atoms with Crippen molar-refractivity contribution < 1.29 is 19.2 Å². The Balaban J connectivity index is 2.12. The first-order valence-electron chi connectivity index (χ1n) is 6.50. The van der Waals surface area contributed by atoms with Crippen molar-refractivity contribution in [3.8, 4) is 0 Å². The van der Waals surface area contributed by atoms with E-state index in [4.69, 9.17) is 11.6 Å². The lowest BCUT2D eigenvalue weighted by molar-refractivity contribution is -0.134. The highest BCUT2D eigenvalue weighted by atomic mass is 35.5. The zero-order chi connectivity index (χ0) is 17.0. The number of β-lactam (4-membered cyclic amide) rings is 1. The highest BCUT2D eigenvalue weighted by Gasteiger charge is 2.38. The predicted octanol–water partition coefficient (Wildman–Crippen LogP) is -0.326. The standard InChI is InChI=1S/C12H14ClN5O4S/c1-5-8(10(20)14-5)17-11(21)9(18-22-2)6-4-23-12(15-6)16-7(19)3-13/h4-5,8H,3H2,1-2H3,(H,14,20)(H,17,21)(H,15,16,19)/t5-,8+/m0/s1. The van der Waals surface area contributed by atoms with Crippen molar-refractivity contribution in [3.63, 3.8) is 0 Å². The average Bonchev–Trinajstić information content (AvgIpc) is 2.98. The molecule has 2 rings (SSSR count). The Morgan fingerprint density at radius 1 is 1.57 bits per heavy atom. The van der Waals surface area contributed by atoms with E-state index in [2.05, 4.69) is 30.9 Å². The van der Waals surface area contributed by atoms with Gasteiger partial charge in [-0.05, 0) is 6.92 Å². The van der Waals surface area contributed by atoms with E-state index >= 15 is 0 Å². The van der Waals surface area contributed by atoms with E-state index in [1.807, 2.05) is 0 Å². The maximum atomic E-state index is 12.3. The monoisotopic (exact) mass is 359 g/mol. The van der Waals surface area contributed by atoms with Crippen molar-refractivity contribution in [1.82, 2.24) is 15.6 Å². The van der Waals surface area contributed by atoms with Crippen molar-refractivity contribution >= 4 is 51.5 Å². The Morgan fingerprint density at radius 3 is 2.87 bits per heavy atom. The van der Waals surface area contributed by atoms with Crippen molar-refractivity contribution in [3.05, 3.63) is 11.1 Å². The van der Waals surface area contributed by atoms with E-state index < -0.39 is 17.9 Å². The molecule has 0 aromatic carbocycles. The number of nitrogens with one attached hydrogen (secondary N) is 3. The molecule has 23 heavy (non-hydrogen) atoms. The van der Waals surface area contributed by atoms with Crippen LogP contribution < -0.4 is 16.0 Å². The third kappa shape index (κ3) is 3.96. The molecule has 2 heterocycles. The molecule has 0 bridgehead atoms. The van der Waals surface area contributed by atoms with Gasteiger partial charge in [0.15, 0.2) is 10.8 Å². The molecule has 1 fully saturated rings. The number of aromatic nitrogens is 1. The first kappa shape index (κ1) is 17.2. The summed E-state index contributed by atoms with van der Waals surface area (Å²) in [6, 6.07) is -0.789. The number of halogens is 1. The second-order valence-electron chi connectivity index (χ2n) is 4.59. The zero-order valence-corrected chi connectivity index (χ0v) is 13.8. The maximum absolute atomic E-state index is 12.3. The van der Waals surface area contributed by atoms with Crippen LogP contribution in [0, 0.1) is 0 Å². The maximum Gasteiger partial charge on any atom is 0.276 e. The number of hydrogen-bond acceptors (Lipinski definition) is 7. The molecule has 0 radical (unpaired) electrons. The smallest absolute Gasteiger partial charge is 0.276 e. The summed E-state index contributed by atoms with van der Waals surface area (Å²) in [6.45, 7) is 1.77. The molecule has 1 aliphatic rings. The van der Waals surface area contributed by atoms with Crippen LogP contribution in [0.5, 0.6) is 0 Å². The van der Waals surface area contributed by atoms with Crippen molar-refractivity contribution in [2.24, 2.45) is 5.16 Å². The number of thiazole rings is 1. The molecule has 9 nitrogen and oxygen atoms in total. The van der Waals surface area contributed by atoms with Crippen LogP contribution in [0.4, 0.5) is 5.13 Å². The lowest BCUT2D eigenvalue weighted by Gasteiger charge is -2.34. The Labute approximate surface area is 140 Å². The topological polar surface area (TPSA) is 122 Å². The molecule has 2 atom stereocenters. The molecule has 124 valence electrons. The van der Waals surface area contributed by atoms with Crippen LogP contribution in [0.3, 0.4) is 0 Å². The van der Waals surface area contributed by atoms with Gasteiger partial charge in [0.2, 0.25) is 11.8 Å². The molecule has 0 saturated carbocycles. The van der Waals surface area contributed by atoms with E-state index in [0.29, 0.717) is 0 Å². The molecule has 1 aromatic heterocycles. The first-order valence-corrected chi connectivity index (χ1v) is 7.91. The van der Waals surface area contributed by atoms with Gasteiger partial charge < -0.3 is 20.8 Å². The van der Waals surface area contributed by atoms with Crippen molar-refractivity contribution in [2.75, 3.05) is 18.3 Å². The fourth-order valence-electron chi connectivity index (χ4n) is 1.82. The summed E-state index contributed by atoms with van der Waals surface area (Å²) < 4.78 is 0. The van der Waals surface area contributed by atoms with Crippen LogP contribution in [0.15, 0.2) is 10.5 Å². The van der Waals surface area contributed by atoms with Gasteiger partial charge in [-0.1, -0.05) is 5.16 Å². The zero-order valence-electron chi connectivity index (χ0n) is 12.3. The molecular formula is C12H14ClN5O4S. The molecule has 3 N–H and O–H groups in total. The number of rotatable bonds is 6. The fraction of sp³-hybridized carbons (Fsp3) is 0.417. The molecule has 0 unspecified atom stereocenters.